The number of aromatic nitrogens is 2. The number of carbonyl (C=O) groups is 1. The minimum Gasteiger partial charge on any atom is -1.00 e. The number of para-hydroxylation sites is 2. The van der Waals surface area contributed by atoms with E-state index in [1.54, 1.807) is 0 Å². The number of hydrogen-bond donors (Lipinski definition) is 1. The lowest BCUT2D eigenvalue weighted by atomic mass is 10.3. The molecule has 0 atom stereocenters. The molecule has 15 heavy (non-hydrogen) atoms. The van der Waals surface area contributed by atoms with Gasteiger partial charge in [0, 0.05) is 0 Å². The Morgan fingerprint density at radius 1 is 1.47 bits per heavy atom. The number of carbonyl (C=O) groups excluding carboxylic acids is 1. The number of aromatic amines is 1. The molecule has 0 aliphatic heterocycles. The SMILES string of the molecule is COC(=O)Cc1nc2ccccc2[nH]1.[Cl-]. The molecule has 0 saturated heterocycles. The Balaban J connectivity index is 0.00000112. The summed E-state index contributed by atoms with van der Waals surface area (Å²) in [6.45, 7) is 0. The minimum atomic E-state index is -0.288. The van der Waals surface area contributed by atoms with E-state index in [1.165, 1.54) is 7.11 Å². The second kappa shape index (κ2) is 4.79. The topological polar surface area (TPSA) is 55.0 Å². The number of hydrogen-bond acceptors (Lipinski definition) is 3. The molecule has 0 fully saturated rings. The van der Waals surface area contributed by atoms with Crippen molar-refractivity contribution in [1.82, 2.24) is 9.97 Å². The summed E-state index contributed by atoms with van der Waals surface area (Å²) in [4.78, 5) is 18.3. The highest BCUT2D eigenvalue weighted by molar-refractivity contribution is 5.77. The largest absolute Gasteiger partial charge is 1.00 e. The van der Waals surface area contributed by atoms with Crippen molar-refractivity contribution >= 4 is 17.0 Å². The number of fused-ring (bicyclic) bond motifs is 1. The minimum absolute atomic E-state index is 0. The quantitative estimate of drug-likeness (QED) is 0.619. The van der Waals surface area contributed by atoms with Crippen molar-refractivity contribution in [2.24, 2.45) is 0 Å². The standard InChI is InChI=1S/C10H10N2O2.ClH/c1-14-10(13)6-9-11-7-4-2-3-5-8(7)12-9;/h2-5H,6H2,1H3,(H,11,12);1H/p-1. The zero-order valence-electron chi connectivity index (χ0n) is 8.16. The van der Waals surface area contributed by atoms with Crippen LogP contribution in [0.2, 0.25) is 0 Å². The molecule has 0 spiro atoms. The van der Waals surface area contributed by atoms with Crippen LogP contribution in [-0.4, -0.2) is 23.0 Å². The smallest absolute Gasteiger partial charge is 0.313 e. The molecule has 2 aromatic rings. The second-order valence-electron chi connectivity index (χ2n) is 2.95. The lowest BCUT2D eigenvalue weighted by Crippen LogP contribution is -3.00. The Kier molecular flexibility index (Phi) is 3.68. The van der Waals surface area contributed by atoms with Crippen LogP contribution in [0.4, 0.5) is 0 Å². The summed E-state index contributed by atoms with van der Waals surface area (Å²) in [6.07, 6.45) is 0.186. The Hall–Kier alpha value is -1.55. The van der Waals surface area contributed by atoms with E-state index in [0.717, 1.165) is 11.0 Å². The van der Waals surface area contributed by atoms with Crippen molar-refractivity contribution in [3.8, 4) is 0 Å². The van der Waals surface area contributed by atoms with E-state index in [1.807, 2.05) is 24.3 Å². The van der Waals surface area contributed by atoms with Gasteiger partial charge in [0.05, 0.1) is 18.1 Å². The van der Waals surface area contributed by atoms with Crippen LogP contribution in [0.3, 0.4) is 0 Å². The highest BCUT2D eigenvalue weighted by Crippen LogP contribution is 2.10. The van der Waals surface area contributed by atoms with Crippen LogP contribution < -0.4 is 12.4 Å². The molecule has 1 N–H and O–H groups in total. The molecule has 80 valence electrons. The van der Waals surface area contributed by atoms with Gasteiger partial charge in [-0.3, -0.25) is 4.79 Å². The van der Waals surface area contributed by atoms with Gasteiger partial charge in [0.2, 0.25) is 0 Å². The predicted molar refractivity (Wildman–Crippen MR) is 51.8 cm³/mol. The molecule has 2 rings (SSSR count). The van der Waals surface area contributed by atoms with Crippen molar-refractivity contribution in [2.45, 2.75) is 6.42 Å². The van der Waals surface area contributed by atoms with Crippen molar-refractivity contribution in [2.75, 3.05) is 7.11 Å². The van der Waals surface area contributed by atoms with Gasteiger partial charge in [-0.2, -0.15) is 0 Å². The van der Waals surface area contributed by atoms with E-state index in [4.69, 9.17) is 0 Å². The summed E-state index contributed by atoms with van der Waals surface area (Å²) in [5.74, 6) is 0.349. The average Bonchev–Trinajstić information content (AvgIpc) is 2.59. The van der Waals surface area contributed by atoms with Gasteiger partial charge in [0.1, 0.15) is 12.2 Å². The first kappa shape index (κ1) is 11.5. The maximum Gasteiger partial charge on any atom is 0.313 e. The molecule has 5 heteroatoms. The zero-order valence-corrected chi connectivity index (χ0v) is 8.91. The third-order valence-corrected chi connectivity index (χ3v) is 1.98. The van der Waals surface area contributed by atoms with E-state index in [2.05, 4.69) is 14.7 Å². The van der Waals surface area contributed by atoms with Gasteiger partial charge in [-0.05, 0) is 12.1 Å². The third-order valence-electron chi connectivity index (χ3n) is 1.98. The van der Waals surface area contributed by atoms with E-state index in [9.17, 15) is 4.79 Å². The van der Waals surface area contributed by atoms with E-state index in [0.29, 0.717) is 5.82 Å². The molecule has 0 radical (unpaired) electrons. The number of methoxy groups -OCH3 is 1. The first-order valence-electron chi connectivity index (χ1n) is 4.30. The highest BCUT2D eigenvalue weighted by Gasteiger charge is 2.06. The number of benzene rings is 1. The monoisotopic (exact) mass is 225 g/mol. The number of nitrogens with zero attached hydrogens (tertiary/aromatic N) is 1. The van der Waals surface area contributed by atoms with Crippen molar-refractivity contribution in [1.29, 1.82) is 0 Å². The molecule has 4 nitrogen and oxygen atoms in total. The molecular weight excluding hydrogens is 216 g/mol. The summed E-state index contributed by atoms with van der Waals surface area (Å²) < 4.78 is 4.55. The van der Waals surface area contributed by atoms with Gasteiger partial charge in [0.25, 0.3) is 0 Å². The zero-order chi connectivity index (χ0) is 9.97. The maximum absolute atomic E-state index is 11.0. The number of H-pyrrole nitrogens is 1. The van der Waals surface area contributed by atoms with Crippen LogP contribution in [0, 0.1) is 0 Å². The van der Waals surface area contributed by atoms with Crippen LogP contribution in [0.1, 0.15) is 5.82 Å². The molecule has 0 saturated carbocycles. The normalized spacial score (nSPS) is 9.67. The first-order chi connectivity index (χ1) is 6.79. The molecule has 1 aromatic carbocycles. The van der Waals surface area contributed by atoms with Crippen LogP contribution in [0.5, 0.6) is 0 Å². The lowest BCUT2D eigenvalue weighted by Gasteiger charge is -1.93. The summed E-state index contributed by atoms with van der Waals surface area (Å²) in [5, 5.41) is 0. The van der Waals surface area contributed by atoms with E-state index >= 15 is 0 Å². The Bertz CT molecular complexity index is 434. The number of imidazole rings is 1. The average molecular weight is 226 g/mol. The first-order valence-corrected chi connectivity index (χ1v) is 4.30. The van der Waals surface area contributed by atoms with Gasteiger partial charge in [-0.15, -0.1) is 0 Å². The van der Waals surface area contributed by atoms with Gasteiger partial charge >= 0.3 is 5.97 Å². The molecule has 0 bridgehead atoms. The van der Waals surface area contributed by atoms with Crippen molar-refractivity contribution in [3.05, 3.63) is 30.1 Å². The third kappa shape index (κ3) is 2.47. The number of rotatable bonds is 2. The fraction of sp³-hybridized carbons (Fsp3) is 0.200. The molecular formula is C10H10ClN2O2-. The van der Waals surface area contributed by atoms with Crippen molar-refractivity contribution < 1.29 is 21.9 Å². The van der Waals surface area contributed by atoms with Crippen LogP contribution >= 0.6 is 0 Å². The molecule has 0 aliphatic carbocycles. The number of ether oxygens (including phenoxy) is 1. The predicted octanol–water partition coefficient (Wildman–Crippen LogP) is -1.72. The fourth-order valence-electron chi connectivity index (χ4n) is 1.30. The molecule has 1 heterocycles. The van der Waals surface area contributed by atoms with Gasteiger partial charge in [0.15, 0.2) is 0 Å². The summed E-state index contributed by atoms with van der Waals surface area (Å²) >= 11 is 0. The van der Waals surface area contributed by atoms with Crippen LogP contribution in [0.25, 0.3) is 11.0 Å². The Morgan fingerprint density at radius 3 is 2.87 bits per heavy atom. The molecule has 0 aliphatic rings. The number of nitrogens with one attached hydrogen (secondary N) is 1. The molecule has 1 aromatic heterocycles. The Labute approximate surface area is 93.1 Å². The van der Waals surface area contributed by atoms with Crippen LogP contribution in [0.15, 0.2) is 24.3 Å². The summed E-state index contributed by atoms with van der Waals surface area (Å²) in [5.41, 5.74) is 1.80. The molecule has 0 amide bonds. The number of halogens is 1. The maximum atomic E-state index is 11.0. The summed E-state index contributed by atoms with van der Waals surface area (Å²) in [6, 6.07) is 7.64. The van der Waals surface area contributed by atoms with Crippen LogP contribution in [-0.2, 0) is 16.0 Å². The Morgan fingerprint density at radius 2 is 2.20 bits per heavy atom. The second-order valence-corrected chi connectivity index (χ2v) is 2.95. The molecule has 0 unspecified atom stereocenters. The van der Waals surface area contributed by atoms with E-state index < -0.39 is 0 Å². The summed E-state index contributed by atoms with van der Waals surface area (Å²) in [7, 11) is 1.37. The highest BCUT2D eigenvalue weighted by atomic mass is 35.5. The van der Waals surface area contributed by atoms with Crippen molar-refractivity contribution in [3.63, 3.8) is 0 Å². The lowest BCUT2D eigenvalue weighted by molar-refractivity contribution is -0.139. The van der Waals surface area contributed by atoms with E-state index in [-0.39, 0.29) is 24.8 Å². The van der Waals surface area contributed by atoms with Gasteiger partial charge < -0.3 is 22.1 Å². The fourth-order valence-corrected chi connectivity index (χ4v) is 1.30. The number of esters is 1. The van der Waals surface area contributed by atoms with Gasteiger partial charge in [-0.25, -0.2) is 4.98 Å². The van der Waals surface area contributed by atoms with Gasteiger partial charge in [-0.1, -0.05) is 12.1 Å².